The monoisotopic (exact) mass is 516 g/mol. The fraction of sp³-hybridized carbons (Fsp3) is 0.130. The van der Waals surface area contributed by atoms with Gasteiger partial charge >= 0.3 is 0 Å². The van der Waals surface area contributed by atoms with E-state index in [1.807, 2.05) is 0 Å². The third-order valence-corrected chi connectivity index (χ3v) is 6.50. The highest BCUT2D eigenvalue weighted by Crippen LogP contribution is 2.41. The number of rotatable bonds is 4. The normalized spacial score (nSPS) is 15.4. The van der Waals surface area contributed by atoms with Gasteiger partial charge in [-0.15, -0.1) is 0 Å². The number of nitrogens with one attached hydrogen (secondary N) is 1. The maximum absolute atomic E-state index is 14.2. The van der Waals surface area contributed by atoms with Crippen molar-refractivity contribution in [3.8, 4) is 0 Å². The highest BCUT2D eigenvalue weighted by atomic mass is 35.5. The second kappa shape index (κ2) is 8.47. The highest BCUT2D eigenvalue weighted by molar-refractivity contribution is 6.35. The van der Waals surface area contributed by atoms with Gasteiger partial charge in [0.2, 0.25) is 11.7 Å². The summed E-state index contributed by atoms with van der Waals surface area (Å²) in [6.07, 6.45) is 1.47. The van der Waals surface area contributed by atoms with Crippen LogP contribution in [0.1, 0.15) is 27.9 Å². The summed E-state index contributed by atoms with van der Waals surface area (Å²) in [5.74, 6) is -2.25. The number of carbonyl (C=O) groups is 2. The Labute approximate surface area is 207 Å². The van der Waals surface area contributed by atoms with Gasteiger partial charge < -0.3 is 20.5 Å². The first kappa shape index (κ1) is 23.0. The molecule has 35 heavy (non-hydrogen) atoms. The van der Waals surface area contributed by atoms with Crippen LogP contribution < -0.4 is 11.1 Å². The van der Waals surface area contributed by atoms with Gasteiger partial charge in [0.15, 0.2) is 5.82 Å². The minimum absolute atomic E-state index is 0.115. The number of anilines is 2. The van der Waals surface area contributed by atoms with Crippen molar-refractivity contribution < 1.29 is 18.4 Å². The molecule has 0 spiro atoms. The lowest BCUT2D eigenvalue weighted by molar-refractivity contribution is -0.133. The lowest BCUT2D eigenvalue weighted by Gasteiger charge is -2.35. The van der Waals surface area contributed by atoms with Gasteiger partial charge in [-0.3, -0.25) is 9.59 Å². The van der Waals surface area contributed by atoms with Gasteiger partial charge in [-0.25, -0.2) is 18.7 Å². The van der Waals surface area contributed by atoms with E-state index in [9.17, 15) is 18.4 Å². The number of amides is 2. The molecule has 12 heteroatoms. The Kier molecular flexibility index (Phi) is 5.57. The average Bonchev–Trinajstić information content (AvgIpc) is 3.15. The number of imidazole rings is 1. The average molecular weight is 517 g/mol. The number of halogens is 4. The number of carbonyl (C=O) groups excluding carboxylic acids is 2. The van der Waals surface area contributed by atoms with Crippen LogP contribution in [0.3, 0.4) is 0 Å². The lowest BCUT2D eigenvalue weighted by Crippen LogP contribution is -2.42. The van der Waals surface area contributed by atoms with Crippen LogP contribution >= 0.6 is 23.2 Å². The summed E-state index contributed by atoms with van der Waals surface area (Å²) in [4.78, 5) is 35.0. The van der Waals surface area contributed by atoms with Gasteiger partial charge in [0, 0.05) is 34.6 Å². The summed E-state index contributed by atoms with van der Waals surface area (Å²) in [6, 6.07) is 6.92. The molecule has 0 bridgehead atoms. The number of aromatic nitrogens is 3. The van der Waals surface area contributed by atoms with Crippen molar-refractivity contribution in [3.63, 3.8) is 0 Å². The van der Waals surface area contributed by atoms with Gasteiger partial charge in [0.05, 0.1) is 10.7 Å². The van der Waals surface area contributed by atoms with Crippen molar-refractivity contribution in [2.45, 2.75) is 12.6 Å². The standard InChI is InChI=1S/C23H16Cl2F2N6O2/c1-32-17(34)9-33-19(18(32)14-6-10(26)2-3-15(14)24)22(31-23(33)20(28)35)30-21-13-7-11(27)8-16(25)12(13)4-5-29-21/h2-8,18H,9H2,1H3,(H2,28,35)(H,29,30). The zero-order chi connectivity index (χ0) is 25.0. The summed E-state index contributed by atoms with van der Waals surface area (Å²) < 4.78 is 29.7. The molecule has 1 aliphatic rings. The van der Waals surface area contributed by atoms with Crippen LogP contribution in [0.2, 0.25) is 10.0 Å². The van der Waals surface area contributed by atoms with Crippen molar-refractivity contribution in [3.05, 3.63) is 81.4 Å². The largest absolute Gasteiger partial charge is 0.363 e. The van der Waals surface area contributed by atoms with Crippen LogP contribution in [-0.2, 0) is 11.3 Å². The number of nitrogens with zero attached hydrogens (tertiary/aromatic N) is 4. The van der Waals surface area contributed by atoms with Crippen molar-refractivity contribution in [1.82, 2.24) is 19.4 Å². The third-order valence-electron chi connectivity index (χ3n) is 5.84. The van der Waals surface area contributed by atoms with Gasteiger partial charge in [-0.2, -0.15) is 0 Å². The Balaban J connectivity index is 1.75. The number of hydrogen-bond donors (Lipinski definition) is 2. The number of primary amides is 1. The Morgan fingerprint density at radius 2 is 1.86 bits per heavy atom. The minimum Gasteiger partial charge on any atom is -0.363 e. The predicted molar refractivity (Wildman–Crippen MR) is 127 cm³/mol. The third kappa shape index (κ3) is 3.84. The van der Waals surface area contributed by atoms with Crippen LogP contribution in [0.15, 0.2) is 42.6 Å². The summed E-state index contributed by atoms with van der Waals surface area (Å²) in [5, 5.41) is 4.31. The number of nitrogens with two attached hydrogens (primary N) is 1. The molecule has 0 saturated heterocycles. The number of hydrogen-bond acceptors (Lipinski definition) is 5. The first-order valence-corrected chi connectivity index (χ1v) is 11.0. The molecule has 5 rings (SSSR count). The predicted octanol–water partition coefficient (Wildman–Crippen LogP) is 4.42. The molecule has 178 valence electrons. The van der Waals surface area contributed by atoms with Crippen LogP contribution in [0, 0.1) is 11.6 Å². The molecule has 3 N–H and O–H groups in total. The number of benzene rings is 2. The van der Waals surface area contributed by atoms with E-state index < -0.39 is 23.6 Å². The fourth-order valence-electron chi connectivity index (χ4n) is 4.25. The second-order valence-corrected chi connectivity index (χ2v) is 8.77. The van der Waals surface area contributed by atoms with E-state index >= 15 is 0 Å². The molecule has 0 radical (unpaired) electrons. The molecule has 0 saturated carbocycles. The fourth-order valence-corrected chi connectivity index (χ4v) is 4.74. The van der Waals surface area contributed by atoms with Crippen LogP contribution in [0.25, 0.3) is 10.8 Å². The molecule has 1 unspecified atom stereocenters. The van der Waals surface area contributed by atoms with Gasteiger partial charge in [0.1, 0.15) is 30.0 Å². The first-order valence-electron chi connectivity index (χ1n) is 10.3. The van der Waals surface area contributed by atoms with Crippen LogP contribution in [0.5, 0.6) is 0 Å². The SMILES string of the molecule is CN1C(=O)Cn2c(C(N)=O)nc(Nc3nccc4c(Cl)cc(F)cc34)c2C1c1cc(F)ccc1Cl. The van der Waals surface area contributed by atoms with E-state index in [1.54, 1.807) is 6.07 Å². The Bertz CT molecular complexity index is 1540. The molecule has 0 fully saturated rings. The molecule has 2 aromatic heterocycles. The van der Waals surface area contributed by atoms with Crippen molar-refractivity contribution in [2.24, 2.45) is 5.73 Å². The van der Waals surface area contributed by atoms with Crippen molar-refractivity contribution >= 4 is 57.4 Å². The smallest absolute Gasteiger partial charge is 0.284 e. The van der Waals surface area contributed by atoms with Crippen LogP contribution in [0.4, 0.5) is 20.4 Å². The Hall–Kier alpha value is -3.76. The summed E-state index contributed by atoms with van der Waals surface area (Å²) in [5.41, 5.74) is 6.16. The maximum Gasteiger partial charge on any atom is 0.284 e. The van der Waals surface area contributed by atoms with E-state index in [0.717, 1.165) is 0 Å². The van der Waals surface area contributed by atoms with Gasteiger partial charge in [0.25, 0.3) is 5.91 Å². The summed E-state index contributed by atoms with van der Waals surface area (Å²) in [6.45, 7) is -0.231. The number of fused-ring (bicyclic) bond motifs is 2. The molecular weight excluding hydrogens is 501 g/mol. The molecule has 4 aromatic rings. The molecular formula is C23H16Cl2F2N6O2. The maximum atomic E-state index is 14.2. The molecule has 8 nitrogen and oxygen atoms in total. The summed E-state index contributed by atoms with van der Waals surface area (Å²) >= 11 is 12.6. The Morgan fingerprint density at radius 1 is 1.09 bits per heavy atom. The Morgan fingerprint density at radius 3 is 2.60 bits per heavy atom. The highest BCUT2D eigenvalue weighted by Gasteiger charge is 2.38. The molecule has 0 aliphatic carbocycles. The second-order valence-electron chi connectivity index (χ2n) is 7.96. The van der Waals surface area contributed by atoms with E-state index in [4.69, 9.17) is 28.9 Å². The van der Waals surface area contributed by atoms with Crippen molar-refractivity contribution in [2.75, 3.05) is 12.4 Å². The minimum atomic E-state index is -0.919. The van der Waals surface area contributed by atoms with E-state index in [1.165, 1.54) is 53.0 Å². The number of likely N-dealkylation sites (N-methyl/N-ethyl adjacent to an activating group) is 1. The quantitative estimate of drug-likeness (QED) is 0.417. The van der Waals surface area contributed by atoms with Crippen LogP contribution in [-0.4, -0.2) is 38.3 Å². The molecule has 1 aliphatic heterocycles. The van der Waals surface area contributed by atoms with E-state index in [0.29, 0.717) is 16.5 Å². The number of pyridine rings is 1. The van der Waals surface area contributed by atoms with E-state index in [2.05, 4.69) is 15.3 Å². The molecule has 2 amide bonds. The van der Waals surface area contributed by atoms with Gasteiger partial charge in [-0.1, -0.05) is 23.2 Å². The molecule has 1 atom stereocenters. The first-order chi connectivity index (χ1) is 16.7. The van der Waals surface area contributed by atoms with Crippen molar-refractivity contribution in [1.29, 1.82) is 0 Å². The topological polar surface area (TPSA) is 106 Å². The van der Waals surface area contributed by atoms with Gasteiger partial charge in [-0.05, 0) is 36.4 Å². The zero-order valence-corrected chi connectivity index (χ0v) is 19.5. The molecule has 2 aromatic carbocycles. The van der Waals surface area contributed by atoms with E-state index in [-0.39, 0.29) is 45.5 Å². The lowest BCUT2D eigenvalue weighted by atomic mass is 9.99. The summed E-state index contributed by atoms with van der Waals surface area (Å²) in [7, 11) is 1.53. The zero-order valence-electron chi connectivity index (χ0n) is 18.0. The molecule has 3 heterocycles.